The first kappa shape index (κ1) is 15.8. The topological polar surface area (TPSA) is 41.1 Å². The number of anilines is 2. The Kier molecular flexibility index (Phi) is 5.56. The van der Waals surface area contributed by atoms with Crippen molar-refractivity contribution in [2.75, 3.05) is 23.8 Å². The lowest BCUT2D eigenvalue weighted by Crippen LogP contribution is -2.31. The van der Waals surface area contributed by atoms with E-state index in [4.69, 9.17) is 0 Å². The lowest BCUT2D eigenvalue weighted by Gasteiger charge is -2.26. The smallest absolute Gasteiger partial charge is 0.224 e. The number of nitrogens with one attached hydrogen (secondary N) is 1. The van der Waals surface area contributed by atoms with Crippen LogP contribution in [0.1, 0.15) is 30.8 Å². The van der Waals surface area contributed by atoms with Crippen LogP contribution in [0.4, 0.5) is 11.8 Å². The van der Waals surface area contributed by atoms with Gasteiger partial charge in [-0.15, -0.1) is 11.3 Å². The predicted molar refractivity (Wildman–Crippen MR) is 91.4 cm³/mol. The van der Waals surface area contributed by atoms with E-state index in [2.05, 4.69) is 58.6 Å². The van der Waals surface area contributed by atoms with Crippen molar-refractivity contribution < 1.29 is 0 Å². The van der Waals surface area contributed by atoms with Crippen molar-refractivity contribution in [2.45, 2.75) is 39.7 Å². The van der Waals surface area contributed by atoms with Crippen LogP contribution in [0.5, 0.6) is 0 Å². The van der Waals surface area contributed by atoms with E-state index < -0.39 is 0 Å². The second-order valence-corrected chi connectivity index (χ2v) is 6.39. The highest BCUT2D eigenvalue weighted by Crippen LogP contribution is 2.19. The average molecular weight is 304 g/mol. The molecular weight excluding hydrogens is 280 g/mol. The highest BCUT2D eigenvalue weighted by atomic mass is 32.1. The minimum atomic E-state index is 0.400. The van der Waals surface area contributed by atoms with Gasteiger partial charge in [-0.1, -0.05) is 13.0 Å². The molecule has 21 heavy (non-hydrogen) atoms. The monoisotopic (exact) mass is 304 g/mol. The van der Waals surface area contributed by atoms with Crippen LogP contribution in [0.2, 0.25) is 0 Å². The molecule has 2 aromatic rings. The van der Waals surface area contributed by atoms with Gasteiger partial charge in [0, 0.05) is 42.7 Å². The number of nitrogens with zero attached hydrogens (tertiary/aromatic N) is 3. The second-order valence-electron chi connectivity index (χ2n) is 5.36. The van der Waals surface area contributed by atoms with Crippen molar-refractivity contribution in [2.24, 2.45) is 0 Å². The Hall–Kier alpha value is -1.62. The summed E-state index contributed by atoms with van der Waals surface area (Å²) < 4.78 is 0. The van der Waals surface area contributed by atoms with E-state index in [1.54, 1.807) is 0 Å². The minimum absolute atomic E-state index is 0.400. The molecule has 0 aliphatic rings. The molecule has 0 spiro atoms. The normalized spacial score (nSPS) is 12.2. The lowest BCUT2D eigenvalue weighted by atomic mass is 10.2. The SMILES string of the molecule is CCCNc1nc(C)cc(N(C)C(C)Cc2cccs2)n1. The summed E-state index contributed by atoms with van der Waals surface area (Å²) >= 11 is 1.81. The molecule has 0 aliphatic heterocycles. The molecule has 4 nitrogen and oxygen atoms in total. The quantitative estimate of drug-likeness (QED) is 0.846. The Bertz CT molecular complexity index is 553. The third-order valence-electron chi connectivity index (χ3n) is 3.47. The maximum Gasteiger partial charge on any atom is 0.224 e. The maximum absolute atomic E-state index is 4.63. The number of aromatic nitrogens is 2. The standard InChI is InChI=1S/C16H24N4S/c1-5-8-17-16-18-12(2)10-15(19-16)20(4)13(3)11-14-7-6-9-21-14/h6-7,9-10,13H,5,8,11H2,1-4H3,(H,17,18,19). The molecule has 5 heteroatoms. The van der Waals surface area contributed by atoms with Crippen LogP contribution in [0, 0.1) is 6.92 Å². The first-order valence-corrected chi connectivity index (χ1v) is 8.33. The van der Waals surface area contributed by atoms with Gasteiger partial charge in [-0.3, -0.25) is 0 Å². The van der Waals surface area contributed by atoms with Gasteiger partial charge in [-0.05, 0) is 31.7 Å². The largest absolute Gasteiger partial charge is 0.356 e. The molecule has 0 saturated carbocycles. The molecule has 2 rings (SSSR count). The fourth-order valence-electron chi connectivity index (χ4n) is 2.13. The van der Waals surface area contributed by atoms with Crippen molar-refractivity contribution in [3.63, 3.8) is 0 Å². The minimum Gasteiger partial charge on any atom is -0.356 e. The Balaban J connectivity index is 2.10. The molecule has 2 heterocycles. The van der Waals surface area contributed by atoms with Gasteiger partial charge in [-0.2, -0.15) is 4.98 Å². The average Bonchev–Trinajstić information content (AvgIpc) is 2.96. The zero-order valence-corrected chi connectivity index (χ0v) is 14.1. The van der Waals surface area contributed by atoms with Crippen molar-refractivity contribution >= 4 is 23.1 Å². The Morgan fingerprint density at radius 3 is 2.86 bits per heavy atom. The summed E-state index contributed by atoms with van der Waals surface area (Å²) in [5, 5.41) is 5.40. The van der Waals surface area contributed by atoms with Gasteiger partial charge in [0.25, 0.3) is 0 Å². The summed E-state index contributed by atoms with van der Waals surface area (Å²) in [6.45, 7) is 7.28. The highest BCUT2D eigenvalue weighted by molar-refractivity contribution is 7.09. The molecule has 1 atom stereocenters. The molecule has 0 aromatic carbocycles. The van der Waals surface area contributed by atoms with E-state index >= 15 is 0 Å². The van der Waals surface area contributed by atoms with Crippen molar-refractivity contribution in [3.05, 3.63) is 34.2 Å². The van der Waals surface area contributed by atoms with Gasteiger partial charge in [-0.25, -0.2) is 4.98 Å². The van der Waals surface area contributed by atoms with Crippen LogP contribution in [0.3, 0.4) is 0 Å². The molecule has 0 amide bonds. The van der Waals surface area contributed by atoms with E-state index in [1.165, 1.54) is 4.88 Å². The zero-order chi connectivity index (χ0) is 15.2. The molecule has 0 bridgehead atoms. The van der Waals surface area contributed by atoms with Crippen LogP contribution < -0.4 is 10.2 Å². The summed E-state index contributed by atoms with van der Waals surface area (Å²) in [7, 11) is 2.10. The third kappa shape index (κ3) is 4.43. The van der Waals surface area contributed by atoms with Gasteiger partial charge >= 0.3 is 0 Å². The highest BCUT2D eigenvalue weighted by Gasteiger charge is 2.14. The van der Waals surface area contributed by atoms with Gasteiger partial charge in [0.2, 0.25) is 5.95 Å². The van der Waals surface area contributed by atoms with E-state index in [0.717, 1.165) is 36.8 Å². The summed E-state index contributed by atoms with van der Waals surface area (Å²) in [5.74, 6) is 1.70. The van der Waals surface area contributed by atoms with Crippen molar-refractivity contribution in [1.82, 2.24) is 9.97 Å². The molecule has 1 N–H and O–H groups in total. The van der Waals surface area contributed by atoms with Gasteiger partial charge in [0.15, 0.2) is 0 Å². The number of aryl methyl sites for hydroxylation is 1. The third-order valence-corrected chi connectivity index (χ3v) is 4.37. The molecule has 0 radical (unpaired) electrons. The summed E-state index contributed by atoms with van der Waals surface area (Å²) in [6, 6.07) is 6.74. The predicted octanol–water partition coefficient (Wildman–Crippen LogP) is 3.74. The van der Waals surface area contributed by atoms with Crippen LogP contribution in [0.15, 0.2) is 23.6 Å². The van der Waals surface area contributed by atoms with E-state index in [-0.39, 0.29) is 0 Å². The molecule has 2 aromatic heterocycles. The maximum atomic E-state index is 4.63. The number of hydrogen-bond donors (Lipinski definition) is 1. The van der Waals surface area contributed by atoms with Crippen LogP contribution in [-0.4, -0.2) is 29.6 Å². The summed E-state index contributed by atoms with van der Waals surface area (Å²) in [5.41, 5.74) is 0.994. The van der Waals surface area contributed by atoms with Gasteiger partial charge in [0.05, 0.1) is 0 Å². The number of hydrogen-bond acceptors (Lipinski definition) is 5. The molecule has 1 unspecified atom stereocenters. The molecular formula is C16H24N4S. The van der Waals surface area contributed by atoms with Crippen LogP contribution in [0.25, 0.3) is 0 Å². The second kappa shape index (κ2) is 7.41. The molecule has 114 valence electrons. The molecule has 0 aliphatic carbocycles. The van der Waals surface area contributed by atoms with Gasteiger partial charge in [0.1, 0.15) is 5.82 Å². The number of rotatable bonds is 7. The summed E-state index contributed by atoms with van der Waals surface area (Å²) in [6.07, 6.45) is 2.10. The van der Waals surface area contributed by atoms with E-state index in [1.807, 2.05) is 24.3 Å². The molecule has 0 fully saturated rings. The number of likely N-dealkylation sites (N-methyl/N-ethyl adjacent to an activating group) is 1. The van der Waals surface area contributed by atoms with Crippen LogP contribution in [-0.2, 0) is 6.42 Å². The number of thiophene rings is 1. The van der Waals surface area contributed by atoms with Crippen molar-refractivity contribution in [1.29, 1.82) is 0 Å². The Labute approximate surface area is 131 Å². The first-order valence-electron chi connectivity index (χ1n) is 7.45. The van der Waals surface area contributed by atoms with Crippen LogP contribution >= 0.6 is 11.3 Å². The lowest BCUT2D eigenvalue weighted by molar-refractivity contribution is 0.679. The Morgan fingerprint density at radius 2 is 2.19 bits per heavy atom. The van der Waals surface area contributed by atoms with E-state index in [0.29, 0.717) is 6.04 Å². The van der Waals surface area contributed by atoms with Gasteiger partial charge < -0.3 is 10.2 Å². The summed E-state index contributed by atoms with van der Waals surface area (Å²) in [4.78, 5) is 12.7. The fraction of sp³-hybridized carbons (Fsp3) is 0.500. The fourth-order valence-corrected chi connectivity index (χ4v) is 2.96. The molecule has 0 saturated heterocycles. The zero-order valence-electron chi connectivity index (χ0n) is 13.3. The first-order chi connectivity index (χ1) is 10.1. The Morgan fingerprint density at radius 1 is 1.38 bits per heavy atom. The van der Waals surface area contributed by atoms with Crippen molar-refractivity contribution in [3.8, 4) is 0 Å². The van der Waals surface area contributed by atoms with E-state index in [9.17, 15) is 0 Å².